The van der Waals surface area contributed by atoms with E-state index < -0.39 is 0 Å². The normalized spacial score (nSPS) is 24.3. The quantitative estimate of drug-likeness (QED) is 0.690. The van der Waals surface area contributed by atoms with E-state index in [0.29, 0.717) is 5.92 Å². The van der Waals surface area contributed by atoms with E-state index in [4.69, 9.17) is 0 Å². The molecule has 0 saturated carbocycles. The van der Waals surface area contributed by atoms with Gasteiger partial charge in [0.05, 0.1) is 12.2 Å². The minimum Gasteiger partial charge on any atom is -0.326 e. The van der Waals surface area contributed by atoms with Crippen molar-refractivity contribution in [2.75, 3.05) is 18.6 Å². The van der Waals surface area contributed by atoms with Crippen LogP contribution in [-0.2, 0) is 4.79 Å². The van der Waals surface area contributed by atoms with Crippen molar-refractivity contribution in [1.82, 2.24) is 10.2 Å². The molecule has 1 heterocycles. The van der Waals surface area contributed by atoms with Crippen LogP contribution in [0.5, 0.6) is 0 Å². The first-order valence-corrected chi connectivity index (χ1v) is 8.52. The van der Waals surface area contributed by atoms with Gasteiger partial charge in [-0.25, -0.2) is 0 Å². The number of unbranched alkanes of at least 4 members (excludes halogenated alkanes) is 3. The molecule has 0 aromatic carbocycles. The largest absolute Gasteiger partial charge is 0.326 e. The van der Waals surface area contributed by atoms with E-state index in [1.807, 2.05) is 23.6 Å². The lowest BCUT2D eigenvalue weighted by Crippen LogP contribution is -2.41. The SMILES string of the molecule is CSCCCCCCN1C(=O)C(C)NC1C(C)C. The Morgan fingerprint density at radius 2 is 1.94 bits per heavy atom. The van der Waals surface area contributed by atoms with Gasteiger partial charge in [0.2, 0.25) is 5.91 Å². The Labute approximate surface area is 116 Å². The monoisotopic (exact) mass is 272 g/mol. The van der Waals surface area contributed by atoms with Gasteiger partial charge in [-0.05, 0) is 37.7 Å². The molecular formula is C14H28N2OS. The first kappa shape index (κ1) is 15.8. The summed E-state index contributed by atoms with van der Waals surface area (Å²) in [6.07, 6.45) is 7.36. The highest BCUT2D eigenvalue weighted by Gasteiger charge is 2.36. The van der Waals surface area contributed by atoms with E-state index >= 15 is 0 Å². The average Bonchev–Trinajstić information content (AvgIpc) is 2.61. The molecule has 106 valence electrons. The van der Waals surface area contributed by atoms with Crippen molar-refractivity contribution in [1.29, 1.82) is 0 Å². The summed E-state index contributed by atoms with van der Waals surface area (Å²) in [7, 11) is 0. The van der Waals surface area contributed by atoms with Crippen molar-refractivity contribution in [2.45, 2.75) is 58.7 Å². The van der Waals surface area contributed by atoms with Crippen LogP contribution in [0.4, 0.5) is 0 Å². The van der Waals surface area contributed by atoms with Crippen molar-refractivity contribution < 1.29 is 4.79 Å². The average molecular weight is 272 g/mol. The first-order valence-electron chi connectivity index (χ1n) is 7.13. The number of nitrogens with zero attached hydrogens (tertiary/aromatic N) is 1. The standard InChI is InChI=1S/C14H28N2OS/c1-11(2)13-15-12(3)14(17)16(13)9-7-5-6-8-10-18-4/h11-13,15H,5-10H2,1-4H3. The molecule has 1 aliphatic heterocycles. The summed E-state index contributed by atoms with van der Waals surface area (Å²) in [5, 5.41) is 3.39. The lowest BCUT2D eigenvalue weighted by Gasteiger charge is -2.27. The summed E-state index contributed by atoms with van der Waals surface area (Å²) in [6, 6.07) is -0.00566. The molecule has 1 aliphatic rings. The van der Waals surface area contributed by atoms with Gasteiger partial charge >= 0.3 is 0 Å². The summed E-state index contributed by atoms with van der Waals surface area (Å²) in [6.45, 7) is 7.23. The lowest BCUT2D eigenvalue weighted by molar-refractivity contribution is -0.130. The van der Waals surface area contributed by atoms with Crippen molar-refractivity contribution in [3.63, 3.8) is 0 Å². The predicted molar refractivity (Wildman–Crippen MR) is 79.8 cm³/mol. The molecule has 3 nitrogen and oxygen atoms in total. The van der Waals surface area contributed by atoms with Crippen molar-refractivity contribution in [2.24, 2.45) is 5.92 Å². The first-order chi connectivity index (χ1) is 8.57. The molecule has 1 N–H and O–H groups in total. The maximum atomic E-state index is 12.0. The van der Waals surface area contributed by atoms with Crippen LogP contribution in [-0.4, -0.2) is 41.6 Å². The van der Waals surface area contributed by atoms with Gasteiger partial charge in [0.15, 0.2) is 0 Å². The molecule has 1 amide bonds. The fraction of sp³-hybridized carbons (Fsp3) is 0.929. The molecule has 0 aliphatic carbocycles. The topological polar surface area (TPSA) is 32.3 Å². The molecule has 0 spiro atoms. The third-order valence-corrected chi connectivity index (χ3v) is 4.24. The predicted octanol–water partition coefficient (Wildman–Crippen LogP) is 2.71. The Kier molecular flexibility index (Phi) is 7.08. The minimum absolute atomic E-state index is 0.00566. The highest BCUT2D eigenvalue weighted by molar-refractivity contribution is 7.98. The van der Waals surface area contributed by atoms with Crippen LogP contribution in [0.2, 0.25) is 0 Å². The number of hydrogen-bond acceptors (Lipinski definition) is 3. The van der Waals surface area contributed by atoms with Crippen LogP contribution in [0.1, 0.15) is 46.5 Å². The zero-order valence-electron chi connectivity index (χ0n) is 12.2. The third-order valence-electron chi connectivity index (χ3n) is 3.54. The van der Waals surface area contributed by atoms with Gasteiger partial charge in [-0.2, -0.15) is 11.8 Å². The number of hydrogen-bond donors (Lipinski definition) is 1. The molecule has 2 unspecified atom stereocenters. The van der Waals surface area contributed by atoms with E-state index in [9.17, 15) is 4.79 Å². The Bertz CT molecular complexity index is 258. The third kappa shape index (κ3) is 4.47. The molecule has 1 saturated heterocycles. The fourth-order valence-corrected chi connectivity index (χ4v) is 2.98. The molecule has 18 heavy (non-hydrogen) atoms. The maximum Gasteiger partial charge on any atom is 0.240 e. The number of carbonyl (C=O) groups excluding carboxylic acids is 1. The van der Waals surface area contributed by atoms with Crippen LogP contribution in [0.15, 0.2) is 0 Å². The Morgan fingerprint density at radius 1 is 1.28 bits per heavy atom. The Balaban J connectivity index is 2.28. The zero-order valence-corrected chi connectivity index (χ0v) is 13.1. The summed E-state index contributed by atoms with van der Waals surface area (Å²) < 4.78 is 0. The van der Waals surface area contributed by atoms with Crippen LogP contribution in [0, 0.1) is 5.92 Å². The van der Waals surface area contributed by atoms with Gasteiger partial charge in [-0.3, -0.25) is 10.1 Å². The van der Waals surface area contributed by atoms with Crippen LogP contribution < -0.4 is 5.32 Å². The highest BCUT2D eigenvalue weighted by atomic mass is 32.2. The van der Waals surface area contributed by atoms with E-state index in [0.717, 1.165) is 13.0 Å². The lowest BCUT2D eigenvalue weighted by atomic mass is 10.1. The highest BCUT2D eigenvalue weighted by Crippen LogP contribution is 2.18. The van der Waals surface area contributed by atoms with Gasteiger partial charge in [-0.1, -0.05) is 26.7 Å². The summed E-state index contributed by atoms with van der Waals surface area (Å²) in [5.74, 6) is 2.02. The van der Waals surface area contributed by atoms with Crippen molar-refractivity contribution in [3.05, 3.63) is 0 Å². The van der Waals surface area contributed by atoms with E-state index in [1.165, 1.54) is 25.0 Å². The van der Waals surface area contributed by atoms with Crippen molar-refractivity contribution >= 4 is 17.7 Å². The second kappa shape index (κ2) is 8.05. The van der Waals surface area contributed by atoms with Gasteiger partial charge in [0, 0.05) is 6.54 Å². The summed E-state index contributed by atoms with van der Waals surface area (Å²) in [4.78, 5) is 14.1. The molecule has 0 aromatic rings. The van der Waals surface area contributed by atoms with E-state index in [2.05, 4.69) is 25.4 Å². The maximum absolute atomic E-state index is 12.0. The molecule has 2 atom stereocenters. The number of rotatable bonds is 8. The number of carbonyl (C=O) groups is 1. The zero-order chi connectivity index (χ0) is 13.5. The van der Waals surface area contributed by atoms with Crippen LogP contribution in [0.3, 0.4) is 0 Å². The van der Waals surface area contributed by atoms with E-state index in [-0.39, 0.29) is 18.1 Å². The van der Waals surface area contributed by atoms with Gasteiger partial charge in [-0.15, -0.1) is 0 Å². The number of nitrogens with one attached hydrogen (secondary N) is 1. The van der Waals surface area contributed by atoms with Gasteiger partial charge in [0.25, 0.3) is 0 Å². The number of thioether (sulfide) groups is 1. The molecule has 0 bridgehead atoms. The second-order valence-electron chi connectivity index (χ2n) is 5.52. The molecule has 0 aromatic heterocycles. The van der Waals surface area contributed by atoms with Crippen LogP contribution in [0.25, 0.3) is 0 Å². The summed E-state index contributed by atoms with van der Waals surface area (Å²) >= 11 is 1.92. The smallest absolute Gasteiger partial charge is 0.240 e. The molecule has 4 heteroatoms. The van der Waals surface area contributed by atoms with Crippen molar-refractivity contribution in [3.8, 4) is 0 Å². The molecular weight excluding hydrogens is 244 g/mol. The van der Waals surface area contributed by atoms with Gasteiger partial charge in [0.1, 0.15) is 0 Å². The second-order valence-corrected chi connectivity index (χ2v) is 6.50. The van der Waals surface area contributed by atoms with E-state index in [1.54, 1.807) is 0 Å². The fourth-order valence-electron chi connectivity index (χ4n) is 2.49. The summed E-state index contributed by atoms with van der Waals surface area (Å²) in [5.41, 5.74) is 0. The minimum atomic E-state index is -0.00566. The molecule has 0 radical (unpaired) electrons. The number of amides is 1. The Hall–Kier alpha value is -0.220. The van der Waals surface area contributed by atoms with Gasteiger partial charge < -0.3 is 4.90 Å². The van der Waals surface area contributed by atoms with Crippen LogP contribution >= 0.6 is 11.8 Å². The molecule has 1 fully saturated rings. The Morgan fingerprint density at radius 3 is 2.56 bits per heavy atom. The molecule has 1 rings (SSSR count).